The van der Waals surface area contributed by atoms with Gasteiger partial charge in [-0.2, -0.15) is 0 Å². The number of hydrogen-bond acceptors (Lipinski definition) is 5. The van der Waals surface area contributed by atoms with E-state index in [-0.39, 0.29) is 23.9 Å². The lowest BCUT2D eigenvalue weighted by atomic mass is 9.97. The summed E-state index contributed by atoms with van der Waals surface area (Å²) in [7, 11) is 3.24. The molecule has 150 valence electrons. The predicted octanol–water partition coefficient (Wildman–Crippen LogP) is 2.43. The molecule has 3 aromatic rings. The lowest BCUT2D eigenvalue weighted by Gasteiger charge is -2.20. The molecular weight excluding hydrogens is 370 g/mol. The van der Waals surface area contributed by atoms with Crippen LogP contribution in [0.1, 0.15) is 17.9 Å². The van der Waals surface area contributed by atoms with Crippen LogP contribution in [0, 0.1) is 0 Å². The van der Waals surface area contributed by atoms with Gasteiger partial charge in [-0.25, -0.2) is 4.98 Å². The highest BCUT2D eigenvalue weighted by atomic mass is 16.5. The first-order chi connectivity index (χ1) is 14.1. The molecule has 2 heterocycles. The zero-order valence-corrected chi connectivity index (χ0v) is 16.5. The minimum absolute atomic E-state index is 0.00380. The first-order valence-electron chi connectivity index (χ1n) is 9.55. The van der Waals surface area contributed by atoms with Gasteiger partial charge in [0.25, 0.3) is 5.56 Å². The predicted molar refractivity (Wildman–Crippen MR) is 109 cm³/mol. The van der Waals surface area contributed by atoms with Gasteiger partial charge in [-0.3, -0.25) is 14.2 Å². The van der Waals surface area contributed by atoms with Crippen molar-refractivity contribution in [3.05, 3.63) is 64.6 Å². The molecule has 0 radical (unpaired) electrons. The Morgan fingerprint density at radius 1 is 1.14 bits per heavy atom. The highest BCUT2D eigenvalue weighted by Gasteiger charge is 2.30. The molecule has 0 aliphatic carbocycles. The lowest BCUT2D eigenvalue weighted by molar-refractivity contribution is -0.130. The average molecular weight is 393 g/mol. The molecule has 0 saturated carbocycles. The molecule has 2 aromatic carbocycles. The number of rotatable bonds is 5. The Kier molecular flexibility index (Phi) is 5.20. The molecule has 29 heavy (non-hydrogen) atoms. The van der Waals surface area contributed by atoms with Crippen LogP contribution in [0.15, 0.2) is 53.5 Å². The van der Waals surface area contributed by atoms with E-state index in [1.807, 2.05) is 47.4 Å². The van der Waals surface area contributed by atoms with Gasteiger partial charge in [0.1, 0.15) is 6.54 Å². The van der Waals surface area contributed by atoms with Gasteiger partial charge in [0.05, 0.1) is 31.4 Å². The number of likely N-dealkylation sites (tertiary alicyclic amines) is 1. The summed E-state index contributed by atoms with van der Waals surface area (Å²) in [5.74, 6) is 1.48. The van der Waals surface area contributed by atoms with Gasteiger partial charge in [0.2, 0.25) is 5.91 Å². The number of para-hydroxylation sites is 3. The Hall–Kier alpha value is -3.35. The Morgan fingerprint density at radius 3 is 2.76 bits per heavy atom. The van der Waals surface area contributed by atoms with Crippen molar-refractivity contribution < 1.29 is 14.3 Å². The summed E-state index contributed by atoms with van der Waals surface area (Å²) in [6.07, 6.45) is 2.10. The molecule has 1 saturated heterocycles. The summed E-state index contributed by atoms with van der Waals surface area (Å²) in [5, 5.41) is 0. The van der Waals surface area contributed by atoms with Crippen molar-refractivity contribution >= 4 is 16.9 Å². The molecular formula is C22H23N3O4. The van der Waals surface area contributed by atoms with E-state index >= 15 is 0 Å². The van der Waals surface area contributed by atoms with E-state index in [1.165, 1.54) is 10.8 Å². The number of aromatic nitrogens is 2. The average Bonchev–Trinajstić information content (AvgIpc) is 3.25. The van der Waals surface area contributed by atoms with Gasteiger partial charge in [0.15, 0.2) is 11.5 Å². The maximum Gasteiger partial charge on any atom is 0.269 e. The minimum Gasteiger partial charge on any atom is -0.493 e. The minimum atomic E-state index is -0.276. The normalized spacial score (nSPS) is 16.2. The van der Waals surface area contributed by atoms with Crippen LogP contribution >= 0.6 is 0 Å². The molecule has 1 amide bonds. The van der Waals surface area contributed by atoms with Crippen LogP contribution in [0.3, 0.4) is 0 Å². The summed E-state index contributed by atoms with van der Waals surface area (Å²) in [6.45, 7) is 1.23. The zero-order chi connectivity index (χ0) is 20.4. The van der Waals surface area contributed by atoms with Crippen molar-refractivity contribution in [2.24, 2.45) is 0 Å². The van der Waals surface area contributed by atoms with Gasteiger partial charge < -0.3 is 14.4 Å². The molecule has 1 aromatic heterocycles. The number of carbonyl (C=O) groups excluding carboxylic acids is 1. The quantitative estimate of drug-likeness (QED) is 0.666. The Labute approximate surface area is 168 Å². The van der Waals surface area contributed by atoms with E-state index in [0.29, 0.717) is 35.6 Å². The monoisotopic (exact) mass is 393 g/mol. The fourth-order valence-electron chi connectivity index (χ4n) is 3.99. The van der Waals surface area contributed by atoms with Gasteiger partial charge in [-0.1, -0.05) is 24.3 Å². The maximum atomic E-state index is 13.0. The zero-order valence-electron chi connectivity index (χ0n) is 16.5. The molecule has 0 N–H and O–H groups in total. The molecule has 1 aliphatic rings. The number of amides is 1. The fraction of sp³-hybridized carbons (Fsp3) is 0.318. The highest BCUT2D eigenvalue weighted by molar-refractivity contribution is 5.80. The number of methoxy groups -OCH3 is 2. The first-order valence-corrected chi connectivity index (χ1v) is 9.55. The highest BCUT2D eigenvalue weighted by Crippen LogP contribution is 2.39. The van der Waals surface area contributed by atoms with Crippen LogP contribution < -0.4 is 15.0 Å². The summed E-state index contributed by atoms with van der Waals surface area (Å²) in [6, 6.07) is 13.2. The second-order valence-corrected chi connectivity index (χ2v) is 7.08. The topological polar surface area (TPSA) is 73.7 Å². The molecule has 7 nitrogen and oxygen atoms in total. The molecule has 0 bridgehead atoms. The van der Waals surface area contributed by atoms with Crippen molar-refractivity contribution in [2.75, 3.05) is 27.3 Å². The number of benzene rings is 2. The van der Waals surface area contributed by atoms with E-state index in [9.17, 15) is 9.59 Å². The third kappa shape index (κ3) is 3.55. The summed E-state index contributed by atoms with van der Waals surface area (Å²) >= 11 is 0. The summed E-state index contributed by atoms with van der Waals surface area (Å²) in [4.78, 5) is 31.2. The van der Waals surface area contributed by atoms with E-state index in [4.69, 9.17) is 9.47 Å². The van der Waals surface area contributed by atoms with Crippen LogP contribution in [0.5, 0.6) is 11.5 Å². The van der Waals surface area contributed by atoms with Crippen LogP contribution in [-0.2, 0) is 11.3 Å². The number of fused-ring (bicyclic) bond motifs is 1. The molecule has 0 spiro atoms. The second kappa shape index (κ2) is 7.95. The van der Waals surface area contributed by atoms with Crippen LogP contribution in [0.4, 0.5) is 0 Å². The van der Waals surface area contributed by atoms with Crippen LogP contribution in [-0.4, -0.2) is 47.7 Å². The molecule has 0 unspecified atom stereocenters. The first kappa shape index (κ1) is 19.0. The van der Waals surface area contributed by atoms with Crippen molar-refractivity contribution in [3.63, 3.8) is 0 Å². The number of carbonyl (C=O) groups is 1. The van der Waals surface area contributed by atoms with Crippen LogP contribution in [0.25, 0.3) is 11.0 Å². The van der Waals surface area contributed by atoms with Gasteiger partial charge >= 0.3 is 0 Å². The standard InChI is InChI=1S/C22H23N3O4/c1-28-19-9-5-6-16(22(19)29-2)15-10-11-24(13-15)21(27)14-25-18-8-4-3-7-17(18)23-12-20(25)26/h3-9,12,15H,10-11,13-14H2,1-2H3/t15-/m1/s1. The molecule has 1 fully saturated rings. The van der Waals surface area contributed by atoms with E-state index in [0.717, 1.165) is 12.0 Å². The molecule has 4 rings (SSSR count). The maximum absolute atomic E-state index is 13.0. The largest absolute Gasteiger partial charge is 0.493 e. The number of nitrogens with zero attached hydrogens (tertiary/aromatic N) is 3. The van der Waals surface area contributed by atoms with Crippen molar-refractivity contribution in [2.45, 2.75) is 18.9 Å². The number of ether oxygens (including phenoxy) is 2. The Balaban J connectivity index is 1.55. The molecule has 1 aliphatic heterocycles. The van der Waals surface area contributed by atoms with Gasteiger partial charge in [-0.15, -0.1) is 0 Å². The third-order valence-corrected chi connectivity index (χ3v) is 5.46. The van der Waals surface area contributed by atoms with E-state index in [1.54, 1.807) is 14.2 Å². The summed E-state index contributed by atoms with van der Waals surface area (Å²) < 4.78 is 12.4. The Bertz CT molecular complexity index is 1110. The third-order valence-electron chi connectivity index (χ3n) is 5.46. The van der Waals surface area contributed by atoms with E-state index < -0.39 is 0 Å². The lowest BCUT2D eigenvalue weighted by Crippen LogP contribution is -2.35. The fourth-order valence-corrected chi connectivity index (χ4v) is 3.99. The van der Waals surface area contributed by atoms with Crippen LogP contribution in [0.2, 0.25) is 0 Å². The molecule has 1 atom stereocenters. The van der Waals surface area contributed by atoms with Crippen molar-refractivity contribution in [3.8, 4) is 11.5 Å². The van der Waals surface area contributed by atoms with Crippen molar-refractivity contribution in [1.82, 2.24) is 14.5 Å². The Morgan fingerprint density at radius 2 is 1.97 bits per heavy atom. The van der Waals surface area contributed by atoms with Crippen molar-refractivity contribution in [1.29, 1.82) is 0 Å². The van der Waals surface area contributed by atoms with E-state index in [2.05, 4.69) is 4.98 Å². The van der Waals surface area contributed by atoms with Gasteiger partial charge in [-0.05, 0) is 24.6 Å². The smallest absolute Gasteiger partial charge is 0.269 e. The molecule has 7 heteroatoms. The number of hydrogen-bond donors (Lipinski definition) is 0. The SMILES string of the molecule is COc1cccc([C@@H]2CCN(C(=O)Cn3c(=O)cnc4ccccc43)C2)c1OC. The summed E-state index contributed by atoms with van der Waals surface area (Å²) in [5.41, 5.74) is 2.12. The van der Waals surface area contributed by atoms with Gasteiger partial charge in [0, 0.05) is 24.6 Å². The second-order valence-electron chi connectivity index (χ2n) is 7.08.